The fourth-order valence-corrected chi connectivity index (χ4v) is 1.65. The molecule has 0 amide bonds. The molecule has 0 heterocycles. The molecule has 7 heteroatoms. The molecule has 2 aromatic rings. The molecular formula is C13H8F5NO. The summed E-state index contributed by atoms with van der Waals surface area (Å²) < 4.78 is 67.1. The van der Waals surface area contributed by atoms with Crippen molar-refractivity contribution in [1.82, 2.24) is 0 Å². The number of hydrogen-bond donors (Lipinski definition) is 1. The van der Waals surface area contributed by atoms with E-state index >= 15 is 0 Å². The van der Waals surface area contributed by atoms with Crippen molar-refractivity contribution >= 4 is 5.69 Å². The van der Waals surface area contributed by atoms with Crippen molar-refractivity contribution in [3.05, 3.63) is 48.0 Å². The molecule has 2 rings (SSSR count). The van der Waals surface area contributed by atoms with Gasteiger partial charge in [-0.05, 0) is 29.8 Å². The van der Waals surface area contributed by atoms with Gasteiger partial charge in [-0.1, -0.05) is 12.1 Å². The second kappa shape index (κ2) is 4.99. The van der Waals surface area contributed by atoms with Crippen LogP contribution in [0, 0.1) is 11.6 Å². The quantitative estimate of drug-likeness (QED) is 0.667. The lowest BCUT2D eigenvalue weighted by molar-refractivity contribution is -0.274. The zero-order valence-electron chi connectivity index (χ0n) is 9.84. The summed E-state index contributed by atoms with van der Waals surface area (Å²) in [6.45, 7) is 0. The molecule has 0 spiro atoms. The van der Waals surface area contributed by atoms with E-state index in [0.717, 1.165) is 18.2 Å². The van der Waals surface area contributed by atoms with Gasteiger partial charge in [0.05, 0.1) is 5.69 Å². The Morgan fingerprint density at radius 1 is 0.950 bits per heavy atom. The van der Waals surface area contributed by atoms with Crippen LogP contribution < -0.4 is 10.5 Å². The van der Waals surface area contributed by atoms with Crippen LogP contribution in [0.3, 0.4) is 0 Å². The zero-order valence-corrected chi connectivity index (χ0v) is 9.84. The van der Waals surface area contributed by atoms with E-state index in [2.05, 4.69) is 4.74 Å². The first-order valence-electron chi connectivity index (χ1n) is 5.37. The highest BCUT2D eigenvalue weighted by atomic mass is 19.4. The molecule has 106 valence electrons. The average Bonchev–Trinajstić information content (AvgIpc) is 2.34. The van der Waals surface area contributed by atoms with Crippen molar-refractivity contribution in [2.24, 2.45) is 0 Å². The summed E-state index contributed by atoms with van der Waals surface area (Å²) >= 11 is 0. The Labute approximate surface area is 110 Å². The third kappa shape index (κ3) is 2.98. The Kier molecular flexibility index (Phi) is 3.52. The molecule has 0 aliphatic rings. The molecule has 2 N–H and O–H groups in total. The van der Waals surface area contributed by atoms with Gasteiger partial charge in [0.1, 0.15) is 5.75 Å². The van der Waals surface area contributed by atoms with Crippen molar-refractivity contribution in [1.29, 1.82) is 0 Å². The van der Waals surface area contributed by atoms with Gasteiger partial charge in [0, 0.05) is 5.56 Å². The second-order valence-electron chi connectivity index (χ2n) is 3.91. The Balaban J connectivity index is 2.44. The SMILES string of the molecule is Nc1ccc(-c2cccc(OC(F)(F)F)c2)c(F)c1F. The van der Waals surface area contributed by atoms with Gasteiger partial charge in [-0.15, -0.1) is 13.2 Å². The smallest absolute Gasteiger partial charge is 0.406 e. The van der Waals surface area contributed by atoms with E-state index in [-0.39, 0.29) is 16.8 Å². The van der Waals surface area contributed by atoms with Crippen molar-refractivity contribution in [2.75, 3.05) is 5.73 Å². The van der Waals surface area contributed by atoms with E-state index in [0.29, 0.717) is 0 Å². The van der Waals surface area contributed by atoms with Gasteiger partial charge in [-0.2, -0.15) is 0 Å². The fraction of sp³-hybridized carbons (Fsp3) is 0.0769. The third-order valence-corrected chi connectivity index (χ3v) is 2.49. The van der Waals surface area contributed by atoms with Gasteiger partial charge in [-0.3, -0.25) is 0 Å². The van der Waals surface area contributed by atoms with Crippen molar-refractivity contribution in [3.63, 3.8) is 0 Å². The van der Waals surface area contributed by atoms with E-state index < -0.39 is 23.7 Å². The number of hydrogen-bond acceptors (Lipinski definition) is 2. The maximum absolute atomic E-state index is 13.7. The maximum Gasteiger partial charge on any atom is 0.573 e. The maximum atomic E-state index is 13.7. The average molecular weight is 289 g/mol. The molecule has 0 saturated carbocycles. The van der Waals surface area contributed by atoms with E-state index in [9.17, 15) is 22.0 Å². The van der Waals surface area contributed by atoms with E-state index in [1.807, 2.05) is 0 Å². The Morgan fingerprint density at radius 3 is 2.30 bits per heavy atom. The molecule has 2 aromatic carbocycles. The Morgan fingerprint density at radius 2 is 1.65 bits per heavy atom. The third-order valence-electron chi connectivity index (χ3n) is 2.49. The van der Waals surface area contributed by atoms with Crippen LogP contribution in [-0.4, -0.2) is 6.36 Å². The van der Waals surface area contributed by atoms with Crippen LogP contribution >= 0.6 is 0 Å². The van der Waals surface area contributed by atoms with Gasteiger partial charge in [0.15, 0.2) is 11.6 Å². The number of alkyl halides is 3. The molecule has 20 heavy (non-hydrogen) atoms. The first kappa shape index (κ1) is 14.1. The van der Waals surface area contributed by atoms with Crippen molar-refractivity contribution in [3.8, 4) is 16.9 Å². The van der Waals surface area contributed by atoms with Gasteiger partial charge in [-0.25, -0.2) is 8.78 Å². The summed E-state index contributed by atoms with van der Waals surface area (Å²) in [6.07, 6.45) is -4.86. The van der Waals surface area contributed by atoms with Crippen LogP contribution in [0.5, 0.6) is 5.75 Å². The second-order valence-corrected chi connectivity index (χ2v) is 3.91. The molecule has 0 bridgehead atoms. The summed E-state index contributed by atoms with van der Waals surface area (Å²) in [6, 6.07) is 6.90. The number of ether oxygens (including phenoxy) is 1. The van der Waals surface area contributed by atoms with Crippen LogP contribution in [0.1, 0.15) is 0 Å². The monoisotopic (exact) mass is 289 g/mol. The highest BCUT2D eigenvalue weighted by molar-refractivity contribution is 5.68. The van der Waals surface area contributed by atoms with E-state index in [1.165, 1.54) is 18.2 Å². The number of benzene rings is 2. The first-order valence-corrected chi connectivity index (χ1v) is 5.37. The lowest BCUT2D eigenvalue weighted by Crippen LogP contribution is -2.17. The minimum Gasteiger partial charge on any atom is -0.406 e. The molecule has 0 atom stereocenters. The lowest BCUT2D eigenvalue weighted by Gasteiger charge is -2.11. The molecular weight excluding hydrogens is 281 g/mol. The van der Waals surface area contributed by atoms with Gasteiger partial charge in [0.2, 0.25) is 0 Å². The number of anilines is 1. The van der Waals surface area contributed by atoms with Crippen LogP contribution in [0.15, 0.2) is 36.4 Å². The summed E-state index contributed by atoms with van der Waals surface area (Å²) in [4.78, 5) is 0. The molecule has 0 saturated heterocycles. The zero-order chi connectivity index (χ0) is 14.9. The van der Waals surface area contributed by atoms with Crippen LogP contribution in [0.4, 0.5) is 27.6 Å². The van der Waals surface area contributed by atoms with Gasteiger partial charge in [0.25, 0.3) is 0 Å². The Hall–Kier alpha value is -2.31. The van der Waals surface area contributed by atoms with Crippen LogP contribution in [-0.2, 0) is 0 Å². The summed E-state index contributed by atoms with van der Waals surface area (Å²) in [5.41, 5.74) is 4.65. The largest absolute Gasteiger partial charge is 0.573 e. The van der Waals surface area contributed by atoms with Crippen molar-refractivity contribution in [2.45, 2.75) is 6.36 Å². The van der Waals surface area contributed by atoms with Crippen molar-refractivity contribution < 1.29 is 26.7 Å². The molecule has 0 aromatic heterocycles. The van der Waals surface area contributed by atoms with Gasteiger partial charge < -0.3 is 10.5 Å². The van der Waals surface area contributed by atoms with E-state index in [1.54, 1.807) is 0 Å². The molecule has 0 aliphatic heterocycles. The normalized spacial score (nSPS) is 11.4. The predicted molar refractivity (Wildman–Crippen MR) is 62.9 cm³/mol. The van der Waals surface area contributed by atoms with Gasteiger partial charge >= 0.3 is 6.36 Å². The standard InChI is InChI=1S/C13H8F5NO/c14-11-9(4-5-10(19)12(11)15)7-2-1-3-8(6-7)20-13(16,17)18/h1-6H,19H2. The van der Waals surface area contributed by atoms with Crippen LogP contribution in [0.25, 0.3) is 11.1 Å². The lowest BCUT2D eigenvalue weighted by atomic mass is 10.0. The summed E-state index contributed by atoms with van der Waals surface area (Å²) in [5, 5.41) is 0. The number of halogens is 5. The molecule has 0 fully saturated rings. The molecule has 2 nitrogen and oxygen atoms in total. The first-order chi connectivity index (χ1) is 9.28. The topological polar surface area (TPSA) is 35.2 Å². The minimum atomic E-state index is -4.86. The summed E-state index contributed by atoms with van der Waals surface area (Å²) in [5.74, 6) is -2.99. The summed E-state index contributed by atoms with van der Waals surface area (Å²) in [7, 11) is 0. The predicted octanol–water partition coefficient (Wildman–Crippen LogP) is 4.11. The fourth-order valence-electron chi connectivity index (χ4n) is 1.65. The minimum absolute atomic E-state index is 0.0446. The number of nitrogen functional groups attached to an aromatic ring is 1. The number of nitrogens with two attached hydrogens (primary N) is 1. The highest BCUT2D eigenvalue weighted by Gasteiger charge is 2.31. The van der Waals surface area contributed by atoms with E-state index in [4.69, 9.17) is 5.73 Å². The molecule has 0 unspecified atom stereocenters. The highest BCUT2D eigenvalue weighted by Crippen LogP contribution is 2.31. The Bertz CT molecular complexity index is 639. The molecule has 0 aliphatic carbocycles. The van der Waals surface area contributed by atoms with Crippen LogP contribution in [0.2, 0.25) is 0 Å². The molecule has 0 radical (unpaired) electrons. The number of rotatable bonds is 2.